The molecule has 0 aliphatic carbocycles. The van der Waals surface area contributed by atoms with Crippen LogP contribution in [0.1, 0.15) is 16.7 Å². The Hall–Kier alpha value is -0.560. The summed E-state index contributed by atoms with van der Waals surface area (Å²) >= 11 is 2.37. The topological polar surface area (TPSA) is 34.1 Å². The van der Waals surface area contributed by atoms with Gasteiger partial charge in [-0.05, 0) is 19.4 Å². The molecule has 2 nitrogen and oxygen atoms in total. The molecule has 0 aliphatic rings. The molecule has 0 aliphatic heterocycles. The fraction of sp³-hybridized carbons (Fsp3) is 0.500. The summed E-state index contributed by atoms with van der Waals surface area (Å²) < 4.78 is 60.5. The number of aryl methyl sites for hydroxylation is 2. The summed E-state index contributed by atoms with van der Waals surface area (Å²) in [5, 5.41) is 0. The predicted molar refractivity (Wildman–Crippen MR) is 72.2 cm³/mol. The summed E-state index contributed by atoms with van der Waals surface area (Å²) in [5.41, 5.74) is 2.28. The Morgan fingerprint density at radius 2 is 1.63 bits per heavy atom. The summed E-state index contributed by atoms with van der Waals surface area (Å²) in [7, 11) is -3.82. The summed E-state index contributed by atoms with van der Waals surface area (Å²) in [6.45, 7) is 3.62. The van der Waals surface area contributed by atoms with E-state index in [1.165, 1.54) is 0 Å². The SMILES string of the molecule is Cc1cc(C)cc(CS(=O)(=O)CC(Br)C(F)(F)F)c1. The molecule has 0 saturated carbocycles. The molecule has 0 radical (unpaired) electrons. The number of halogens is 4. The van der Waals surface area contributed by atoms with Crippen LogP contribution in [0.5, 0.6) is 0 Å². The van der Waals surface area contributed by atoms with Crippen molar-refractivity contribution in [3.05, 3.63) is 34.9 Å². The van der Waals surface area contributed by atoms with Crippen molar-refractivity contribution in [1.29, 1.82) is 0 Å². The maximum absolute atomic E-state index is 12.3. The molecule has 0 aromatic heterocycles. The van der Waals surface area contributed by atoms with Crippen molar-refractivity contribution < 1.29 is 21.6 Å². The molecule has 1 aromatic rings. The molecule has 1 aromatic carbocycles. The molecular weight excluding hydrogens is 345 g/mol. The Labute approximate surface area is 119 Å². The summed E-state index contributed by atoms with van der Waals surface area (Å²) in [6, 6.07) is 5.21. The second-order valence-corrected chi connectivity index (χ2v) is 7.77. The predicted octanol–water partition coefficient (Wildman–Crippen LogP) is 3.54. The Morgan fingerprint density at radius 1 is 1.16 bits per heavy atom. The van der Waals surface area contributed by atoms with Crippen molar-refractivity contribution in [1.82, 2.24) is 0 Å². The quantitative estimate of drug-likeness (QED) is 0.771. The van der Waals surface area contributed by atoms with Gasteiger partial charge in [-0.25, -0.2) is 8.42 Å². The van der Waals surface area contributed by atoms with E-state index < -0.39 is 26.6 Å². The number of sulfone groups is 1. The Balaban J connectivity index is 2.85. The third kappa shape index (κ3) is 5.52. The lowest BCUT2D eigenvalue weighted by Crippen LogP contribution is -2.31. The number of hydrogen-bond donors (Lipinski definition) is 0. The molecule has 0 spiro atoms. The van der Waals surface area contributed by atoms with Gasteiger partial charge in [0.15, 0.2) is 9.84 Å². The second-order valence-electron chi connectivity index (χ2n) is 4.56. The van der Waals surface area contributed by atoms with E-state index in [4.69, 9.17) is 0 Å². The minimum atomic E-state index is -4.56. The second kappa shape index (κ2) is 5.83. The Morgan fingerprint density at radius 3 is 2.05 bits per heavy atom. The largest absolute Gasteiger partial charge is 0.402 e. The van der Waals surface area contributed by atoms with Crippen LogP contribution in [0.3, 0.4) is 0 Å². The number of rotatable bonds is 4. The molecule has 0 N–H and O–H groups in total. The molecule has 108 valence electrons. The molecule has 0 heterocycles. The van der Waals surface area contributed by atoms with Crippen LogP contribution in [0, 0.1) is 13.8 Å². The maximum Gasteiger partial charge on any atom is 0.402 e. The first-order chi connectivity index (χ1) is 8.49. The van der Waals surface area contributed by atoms with Crippen LogP contribution < -0.4 is 0 Å². The van der Waals surface area contributed by atoms with Gasteiger partial charge in [-0.1, -0.05) is 45.3 Å². The van der Waals surface area contributed by atoms with Gasteiger partial charge in [0, 0.05) is 0 Å². The van der Waals surface area contributed by atoms with Crippen molar-refractivity contribution >= 4 is 25.8 Å². The van der Waals surface area contributed by atoms with E-state index in [1.54, 1.807) is 12.1 Å². The highest BCUT2D eigenvalue weighted by Crippen LogP contribution is 2.28. The fourth-order valence-corrected chi connectivity index (χ4v) is 4.42. The van der Waals surface area contributed by atoms with Crippen molar-refractivity contribution in [2.75, 3.05) is 5.75 Å². The Bertz CT molecular complexity index is 532. The van der Waals surface area contributed by atoms with Crippen LogP contribution in [-0.4, -0.2) is 25.2 Å². The van der Waals surface area contributed by atoms with Crippen LogP contribution in [0.2, 0.25) is 0 Å². The average molecular weight is 359 g/mol. The monoisotopic (exact) mass is 358 g/mol. The van der Waals surface area contributed by atoms with Crippen LogP contribution in [-0.2, 0) is 15.6 Å². The highest BCUT2D eigenvalue weighted by molar-refractivity contribution is 9.09. The summed E-state index contributed by atoms with van der Waals surface area (Å²) in [6.07, 6.45) is -4.56. The van der Waals surface area contributed by atoms with Gasteiger partial charge in [0.1, 0.15) is 4.83 Å². The lowest BCUT2D eigenvalue weighted by Gasteiger charge is -2.14. The van der Waals surface area contributed by atoms with Gasteiger partial charge < -0.3 is 0 Å². The van der Waals surface area contributed by atoms with Gasteiger partial charge in [-0.2, -0.15) is 13.2 Å². The molecule has 1 rings (SSSR count). The number of benzene rings is 1. The van der Waals surface area contributed by atoms with Gasteiger partial charge >= 0.3 is 6.18 Å². The molecule has 0 saturated heterocycles. The maximum atomic E-state index is 12.3. The molecule has 19 heavy (non-hydrogen) atoms. The zero-order chi connectivity index (χ0) is 14.8. The zero-order valence-electron chi connectivity index (χ0n) is 10.5. The van der Waals surface area contributed by atoms with E-state index in [-0.39, 0.29) is 5.75 Å². The summed E-state index contributed by atoms with van der Waals surface area (Å²) in [4.78, 5) is -2.03. The van der Waals surface area contributed by atoms with Gasteiger partial charge in [-0.3, -0.25) is 0 Å². The zero-order valence-corrected chi connectivity index (χ0v) is 12.9. The third-order valence-electron chi connectivity index (χ3n) is 2.42. The standard InChI is InChI=1S/C12H14BrF3O2S/c1-8-3-9(2)5-10(4-8)6-19(17,18)7-11(13)12(14,15)16/h3-5,11H,6-7H2,1-2H3. The van der Waals surface area contributed by atoms with E-state index in [1.807, 2.05) is 19.9 Å². The molecule has 0 amide bonds. The van der Waals surface area contributed by atoms with Crippen LogP contribution in [0.25, 0.3) is 0 Å². The minimum absolute atomic E-state index is 0.381. The normalized spacial score (nSPS) is 14.4. The molecule has 1 unspecified atom stereocenters. The highest BCUT2D eigenvalue weighted by Gasteiger charge is 2.40. The van der Waals surface area contributed by atoms with Crippen LogP contribution in [0.15, 0.2) is 18.2 Å². The van der Waals surface area contributed by atoms with Crippen molar-refractivity contribution in [2.45, 2.75) is 30.6 Å². The first-order valence-corrected chi connectivity index (χ1v) is 8.22. The molecule has 1 atom stereocenters. The van der Waals surface area contributed by atoms with Crippen LogP contribution in [0.4, 0.5) is 13.2 Å². The number of alkyl halides is 4. The third-order valence-corrected chi connectivity index (χ3v) is 5.31. The van der Waals surface area contributed by atoms with E-state index in [2.05, 4.69) is 15.9 Å². The molecule has 7 heteroatoms. The first kappa shape index (κ1) is 16.5. The lowest BCUT2D eigenvalue weighted by atomic mass is 10.1. The van der Waals surface area contributed by atoms with Crippen LogP contribution >= 0.6 is 15.9 Å². The lowest BCUT2D eigenvalue weighted by molar-refractivity contribution is -0.123. The molecular formula is C12H14BrF3O2S. The van der Waals surface area contributed by atoms with Crippen molar-refractivity contribution in [3.8, 4) is 0 Å². The molecule has 0 bridgehead atoms. The average Bonchev–Trinajstić information content (AvgIpc) is 2.11. The minimum Gasteiger partial charge on any atom is -0.228 e. The van der Waals surface area contributed by atoms with Crippen molar-refractivity contribution in [3.63, 3.8) is 0 Å². The highest BCUT2D eigenvalue weighted by atomic mass is 79.9. The van der Waals surface area contributed by atoms with Gasteiger partial charge in [0.25, 0.3) is 0 Å². The fourth-order valence-electron chi connectivity index (χ4n) is 1.78. The van der Waals surface area contributed by atoms with E-state index in [0.717, 1.165) is 11.1 Å². The van der Waals surface area contributed by atoms with E-state index in [0.29, 0.717) is 5.56 Å². The van der Waals surface area contributed by atoms with Gasteiger partial charge in [0.05, 0.1) is 11.5 Å². The number of hydrogen-bond acceptors (Lipinski definition) is 2. The first-order valence-electron chi connectivity index (χ1n) is 5.48. The molecule has 0 fully saturated rings. The van der Waals surface area contributed by atoms with Gasteiger partial charge in [-0.15, -0.1) is 0 Å². The Kier molecular flexibility index (Phi) is 5.06. The van der Waals surface area contributed by atoms with Gasteiger partial charge in [0.2, 0.25) is 0 Å². The smallest absolute Gasteiger partial charge is 0.228 e. The van der Waals surface area contributed by atoms with E-state index in [9.17, 15) is 21.6 Å². The van der Waals surface area contributed by atoms with Crippen molar-refractivity contribution in [2.24, 2.45) is 0 Å². The summed E-state index contributed by atoms with van der Waals surface area (Å²) in [5.74, 6) is -1.34. The van der Waals surface area contributed by atoms with E-state index >= 15 is 0 Å².